The van der Waals surface area contributed by atoms with Crippen LogP contribution in [0.5, 0.6) is 23.0 Å². The Kier molecular flexibility index (Phi) is 9.65. The summed E-state index contributed by atoms with van der Waals surface area (Å²) in [5.74, 6) is 3.29. The van der Waals surface area contributed by atoms with E-state index in [1.807, 2.05) is 48.5 Å². The zero-order chi connectivity index (χ0) is 24.2. The first kappa shape index (κ1) is 25.0. The van der Waals surface area contributed by atoms with Crippen LogP contribution in [0.25, 0.3) is 0 Å². The van der Waals surface area contributed by atoms with Crippen LogP contribution in [0.15, 0.2) is 72.8 Å². The summed E-state index contributed by atoms with van der Waals surface area (Å²) in [7, 11) is 1.62. The highest BCUT2D eigenvalue weighted by Gasteiger charge is 2.09. The van der Waals surface area contributed by atoms with Crippen molar-refractivity contribution in [2.75, 3.05) is 26.9 Å². The smallest absolute Gasteiger partial charge is 0.251 e. The first-order valence-corrected chi connectivity index (χ1v) is 11.5. The molecule has 6 heteroatoms. The second kappa shape index (κ2) is 13.1. The Morgan fingerprint density at radius 2 is 1.47 bits per heavy atom. The van der Waals surface area contributed by atoms with Crippen LogP contribution in [0, 0.1) is 5.92 Å². The number of methoxy groups -OCH3 is 1. The SMILES string of the molecule is COc1cc(CNC(=O)c2ccc(OCCOc3ccccc3)cc2)ccc1OCCC(C)C. The van der Waals surface area contributed by atoms with Crippen molar-refractivity contribution in [1.82, 2.24) is 5.32 Å². The number of carbonyl (C=O) groups excluding carboxylic acids is 1. The minimum Gasteiger partial charge on any atom is -0.493 e. The number of ether oxygens (including phenoxy) is 4. The molecule has 0 aliphatic heterocycles. The van der Waals surface area contributed by atoms with Gasteiger partial charge in [0, 0.05) is 12.1 Å². The van der Waals surface area contributed by atoms with Crippen molar-refractivity contribution in [2.24, 2.45) is 5.92 Å². The molecule has 0 aromatic heterocycles. The monoisotopic (exact) mass is 463 g/mol. The Morgan fingerprint density at radius 3 is 2.12 bits per heavy atom. The average molecular weight is 464 g/mol. The molecule has 3 rings (SSSR count). The molecule has 0 saturated carbocycles. The number of hydrogen-bond donors (Lipinski definition) is 1. The van der Waals surface area contributed by atoms with E-state index in [4.69, 9.17) is 18.9 Å². The predicted octanol–water partition coefficient (Wildman–Crippen LogP) is 5.51. The number of benzene rings is 3. The Balaban J connectivity index is 1.44. The van der Waals surface area contributed by atoms with E-state index in [-0.39, 0.29) is 5.91 Å². The molecule has 0 heterocycles. The maximum Gasteiger partial charge on any atom is 0.251 e. The van der Waals surface area contributed by atoms with Gasteiger partial charge >= 0.3 is 0 Å². The molecule has 180 valence electrons. The Bertz CT molecular complexity index is 1020. The van der Waals surface area contributed by atoms with Crippen molar-refractivity contribution in [3.63, 3.8) is 0 Å². The van der Waals surface area contributed by atoms with Crippen molar-refractivity contribution >= 4 is 5.91 Å². The number of rotatable bonds is 13. The summed E-state index contributed by atoms with van der Waals surface area (Å²) in [5.41, 5.74) is 1.49. The van der Waals surface area contributed by atoms with E-state index in [9.17, 15) is 4.79 Å². The van der Waals surface area contributed by atoms with Gasteiger partial charge in [0.15, 0.2) is 11.5 Å². The van der Waals surface area contributed by atoms with Crippen LogP contribution in [0.3, 0.4) is 0 Å². The minimum atomic E-state index is -0.157. The van der Waals surface area contributed by atoms with Gasteiger partial charge in [-0.05, 0) is 66.4 Å². The summed E-state index contributed by atoms with van der Waals surface area (Å²) in [5, 5.41) is 2.94. The second-order valence-corrected chi connectivity index (χ2v) is 8.23. The lowest BCUT2D eigenvalue weighted by Gasteiger charge is -2.13. The van der Waals surface area contributed by atoms with Gasteiger partial charge in [-0.25, -0.2) is 0 Å². The molecule has 0 spiro atoms. The molecule has 1 N–H and O–H groups in total. The Hall–Kier alpha value is -3.67. The maximum atomic E-state index is 12.5. The highest BCUT2D eigenvalue weighted by Crippen LogP contribution is 2.28. The van der Waals surface area contributed by atoms with Gasteiger partial charge in [0.25, 0.3) is 5.91 Å². The summed E-state index contributed by atoms with van der Waals surface area (Å²) in [6.45, 7) is 6.21. The largest absolute Gasteiger partial charge is 0.493 e. The maximum absolute atomic E-state index is 12.5. The first-order chi connectivity index (χ1) is 16.5. The predicted molar refractivity (Wildman–Crippen MR) is 133 cm³/mol. The molecular formula is C28H33NO5. The topological polar surface area (TPSA) is 66.0 Å². The molecule has 3 aromatic rings. The van der Waals surface area contributed by atoms with Crippen LogP contribution in [0.2, 0.25) is 0 Å². The number of carbonyl (C=O) groups is 1. The van der Waals surface area contributed by atoms with Gasteiger partial charge in [-0.3, -0.25) is 4.79 Å². The molecule has 1 amide bonds. The minimum absolute atomic E-state index is 0.157. The third-order valence-corrected chi connectivity index (χ3v) is 5.11. The van der Waals surface area contributed by atoms with E-state index in [2.05, 4.69) is 19.2 Å². The van der Waals surface area contributed by atoms with E-state index in [0.29, 0.717) is 55.1 Å². The third-order valence-electron chi connectivity index (χ3n) is 5.11. The number of hydrogen-bond acceptors (Lipinski definition) is 5. The highest BCUT2D eigenvalue weighted by atomic mass is 16.5. The lowest BCUT2D eigenvalue weighted by atomic mass is 10.1. The summed E-state index contributed by atoms with van der Waals surface area (Å²) in [6.07, 6.45) is 0.978. The van der Waals surface area contributed by atoms with E-state index in [0.717, 1.165) is 17.7 Å². The van der Waals surface area contributed by atoms with Crippen LogP contribution in [0.1, 0.15) is 36.2 Å². The van der Waals surface area contributed by atoms with Gasteiger partial charge in [-0.2, -0.15) is 0 Å². The summed E-state index contributed by atoms with van der Waals surface area (Å²) >= 11 is 0. The molecule has 3 aromatic carbocycles. The lowest BCUT2D eigenvalue weighted by molar-refractivity contribution is 0.0951. The Labute approximate surface area is 201 Å². The van der Waals surface area contributed by atoms with Crippen molar-refractivity contribution in [3.05, 3.63) is 83.9 Å². The second-order valence-electron chi connectivity index (χ2n) is 8.23. The molecule has 0 radical (unpaired) electrons. The Morgan fingerprint density at radius 1 is 0.794 bits per heavy atom. The zero-order valence-corrected chi connectivity index (χ0v) is 20.1. The van der Waals surface area contributed by atoms with Gasteiger partial charge in [0.1, 0.15) is 24.7 Å². The van der Waals surface area contributed by atoms with Crippen LogP contribution < -0.4 is 24.3 Å². The standard InChI is InChI=1S/C28H33NO5/c1-21(2)15-16-34-26-14-9-22(19-27(26)31-3)20-29-28(30)23-10-12-25(13-11-23)33-18-17-32-24-7-5-4-6-8-24/h4-14,19,21H,15-18,20H2,1-3H3,(H,29,30). The van der Waals surface area contributed by atoms with Gasteiger partial charge in [-0.15, -0.1) is 0 Å². The quantitative estimate of drug-likeness (QED) is 0.339. The van der Waals surface area contributed by atoms with E-state index in [1.54, 1.807) is 31.4 Å². The zero-order valence-electron chi connectivity index (χ0n) is 20.1. The fourth-order valence-electron chi connectivity index (χ4n) is 3.17. The van der Waals surface area contributed by atoms with E-state index >= 15 is 0 Å². The van der Waals surface area contributed by atoms with Crippen molar-refractivity contribution < 1.29 is 23.7 Å². The van der Waals surface area contributed by atoms with E-state index < -0.39 is 0 Å². The summed E-state index contributed by atoms with van der Waals surface area (Å²) in [4.78, 5) is 12.5. The molecule has 34 heavy (non-hydrogen) atoms. The molecule has 0 bridgehead atoms. The molecule has 0 unspecified atom stereocenters. The fourth-order valence-corrected chi connectivity index (χ4v) is 3.17. The molecule has 0 saturated heterocycles. The van der Waals surface area contributed by atoms with Crippen LogP contribution in [-0.4, -0.2) is 32.8 Å². The van der Waals surface area contributed by atoms with Gasteiger partial charge in [-0.1, -0.05) is 38.1 Å². The lowest BCUT2D eigenvalue weighted by Crippen LogP contribution is -2.22. The molecule has 6 nitrogen and oxygen atoms in total. The fraction of sp³-hybridized carbons (Fsp3) is 0.321. The summed E-state index contributed by atoms with van der Waals surface area (Å²) < 4.78 is 22.6. The van der Waals surface area contributed by atoms with Crippen molar-refractivity contribution in [2.45, 2.75) is 26.8 Å². The van der Waals surface area contributed by atoms with E-state index in [1.165, 1.54) is 0 Å². The van der Waals surface area contributed by atoms with Crippen LogP contribution >= 0.6 is 0 Å². The first-order valence-electron chi connectivity index (χ1n) is 11.5. The van der Waals surface area contributed by atoms with Crippen LogP contribution in [-0.2, 0) is 6.54 Å². The van der Waals surface area contributed by atoms with Gasteiger partial charge in [0.2, 0.25) is 0 Å². The molecule has 0 aliphatic rings. The average Bonchev–Trinajstić information content (AvgIpc) is 2.86. The molecular weight excluding hydrogens is 430 g/mol. The number of para-hydroxylation sites is 1. The van der Waals surface area contributed by atoms with Crippen LogP contribution in [0.4, 0.5) is 0 Å². The normalized spacial score (nSPS) is 10.6. The number of amides is 1. The molecule has 0 fully saturated rings. The van der Waals surface area contributed by atoms with Crippen molar-refractivity contribution in [1.29, 1.82) is 0 Å². The summed E-state index contributed by atoms with van der Waals surface area (Å²) in [6, 6.07) is 22.4. The number of nitrogens with one attached hydrogen (secondary N) is 1. The molecule has 0 aliphatic carbocycles. The van der Waals surface area contributed by atoms with Gasteiger partial charge < -0.3 is 24.3 Å². The van der Waals surface area contributed by atoms with Crippen molar-refractivity contribution in [3.8, 4) is 23.0 Å². The molecule has 0 atom stereocenters. The third kappa shape index (κ3) is 8.03. The van der Waals surface area contributed by atoms with Gasteiger partial charge in [0.05, 0.1) is 13.7 Å². The highest BCUT2D eigenvalue weighted by molar-refractivity contribution is 5.94.